The number of rotatable bonds is 2. The molecule has 5 nitrogen and oxygen atoms in total. The van der Waals surface area contributed by atoms with Crippen molar-refractivity contribution in [2.75, 3.05) is 12.3 Å². The van der Waals surface area contributed by atoms with E-state index in [1.807, 2.05) is 18.2 Å². The number of sulfone groups is 1. The molecule has 3 unspecified atom stereocenters. The molecule has 20 heavy (non-hydrogen) atoms. The van der Waals surface area contributed by atoms with Gasteiger partial charge in [0.25, 0.3) is 0 Å². The molecule has 6 heteroatoms. The van der Waals surface area contributed by atoms with Crippen molar-refractivity contribution in [1.82, 2.24) is 4.90 Å². The van der Waals surface area contributed by atoms with Crippen LogP contribution in [-0.4, -0.2) is 42.8 Å². The molecule has 0 saturated carbocycles. The SMILES string of the molecule is CC1C(C)S(=O)(=O)CCN1C(=O)C(N)c1ccccc1. The van der Waals surface area contributed by atoms with Gasteiger partial charge in [-0.25, -0.2) is 8.42 Å². The third-order valence-electron chi connectivity index (χ3n) is 4.06. The van der Waals surface area contributed by atoms with Crippen LogP contribution in [0.4, 0.5) is 0 Å². The highest BCUT2D eigenvalue weighted by atomic mass is 32.2. The van der Waals surface area contributed by atoms with Crippen LogP contribution in [0.3, 0.4) is 0 Å². The van der Waals surface area contributed by atoms with Gasteiger partial charge in [-0.05, 0) is 19.4 Å². The molecule has 110 valence electrons. The van der Waals surface area contributed by atoms with Gasteiger partial charge in [0.15, 0.2) is 9.84 Å². The highest BCUT2D eigenvalue weighted by Crippen LogP contribution is 2.22. The first-order chi connectivity index (χ1) is 9.34. The summed E-state index contributed by atoms with van der Waals surface area (Å²) in [6, 6.07) is 8.03. The van der Waals surface area contributed by atoms with Gasteiger partial charge in [0, 0.05) is 12.6 Å². The molecule has 1 aromatic carbocycles. The molecule has 0 aliphatic carbocycles. The van der Waals surface area contributed by atoms with Gasteiger partial charge in [0.05, 0.1) is 11.0 Å². The van der Waals surface area contributed by atoms with Crippen LogP contribution < -0.4 is 5.73 Å². The summed E-state index contributed by atoms with van der Waals surface area (Å²) < 4.78 is 23.7. The van der Waals surface area contributed by atoms with Crippen LogP contribution in [-0.2, 0) is 14.6 Å². The van der Waals surface area contributed by atoms with Crippen LogP contribution in [0, 0.1) is 0 Å². The average molecular weight is 296 g/mol. The van der Waals surface area contributed by atoms with Crippen LogP contribution in [0.25, 0.3) is 0 Å². The summed E-state index contributed by atoms with van der Waals surface area (Å²) in [4.78, 5) is 14.1. The minimum Gasteiger partial charge on any atom is -0.336 e. The van der Waals surface area contributed by atoms with E-state index in [-0.39, 0.29) is 24.2 Å². The third kappa shape index (κ3) is 2.71. The van der Waals surface area contributed by atoms with Crippen molar-refractivity contribution in [3.05, 3.63) is 35.9 Å². The van der Waals surface area contributed by atoms with E-state index in [0.29, 0.717) is 0 Å². The van der Waals surface area contributed by atoms with E-state index < -0.39 is 21.1 Å². The molecule has 1 amide bonds. The Bertz CT molecular complexity index is 586. The Kier molecular flexibility index (Phi) is 4.15. The zero-order chi connectivity index (χ0) is 14.9. The summed E-state index contributed by atoms with van der Waals surface area (Å²) in [6.45, 7) is 3.62. The van der Waals surface area contributed by atoms with Crippen molar-refractivity contribution in [3.8, 4) is 0 Å². The molecule has 1 aliphatic heterocycles. The van der Waals surface area contributed by atoms with Gasteiger partial charge < -0.3 is 10.6 Å². The van der Waals surface area contributed by atoms with Crippen LogP contribution >= 0.6 is 0 Å². The number of amides is 1. The second-order valence-electron chi connectivity index (χ2n) is 5.23. The summed E-state index contributed by atoms with van der Waals surface area (Å²) in [5, 5.41) is -0.553. The molecule has 1 saturated heterocycles. The Labute approximate surface area is 119 Å². The van der Waals surface area contributed by atoms with Crippen LogP contribution in [0.1, 0.15) is 25.5 Å². The minimum absolute atomic E-state index is 0.00571. The lowest BCUT2D eigenvalue weighted by Gasteiger charge is -2.38. The number of hydrogen-bond acceptors (Lipinski definition) is 4. The van der Waals surface area contributed by atoms with Crippen molar-refractivity contribution in [3.63, 3.8) is 0 Å². The van der Waals surface area contributed by atoms with E-state index in [1.165, 1.54) is 0 Å². The number of nitrogens with zero attached hydrogens (tertiary/aromatic N) is 1. The monoisotopic (exact) mass is 296 g/mol. The Hall–Kier alpha value is -1.40. The normalized spacial score (nSPS) is 27.1. The second-order valence-corrected chi connectivity index (χ2v) is 7.71. The zero-order valence-electron chi connectivity index (χ0n) is 11.7. The molecule has 2 N–H and O–H groups in total. The number of hydrogen-bond donors (Lipinski definition) is 1. The van der Waals surface area contributed by atoms with Gasteiger partial charge in [-0.2, -0.15) is 0 Å². The standard InChI is InChI=1S/C14H20N2O3S/c1-10-11(2)20(18,19)9-8-16(10)14(17)13(15)12-6-4-3-5-7-12/h3-7,10-11,13H,8-9,15H2,1-2H3. The molecule has 0 radical (unpaired) electrons. The summed E-state index contributed by atoms with van der Waals surface area (Å²) in [5.41, 5.74) is 6.75. The smallest absolute Gasteiger partial charge is 0.244 e. The summed E-state index contributed by atoms with van der Waals surface area (Å²) in [6.07, 6.45) is 0. The number of carbonyl (C=O) groups is 1. The fourth-order valence-electron chi connectivity index (χ4n) is 2.46. The summed E-state index contributed by atoms with van der Waals surface area (Å²) in [5.74, 6) is -0.211. The molecule has 2 rings (SSSR count). The zero-order valence-corrected chi connectivity index (χ0v) is 12.5. The van der Waals surface area contributed by atoms with E-state index in [1.54, 1.807) is 30.9 Å². The molecule has 1 aliphatic rings. The number of benzene rings is 1. The molecular formula is C14H20N2O3S. The molecular weight excluding hydrogens is 276 g/mol. The minimum atomic E-state index is -3.10. The Morgan fingerprint density at radius 2 is 1.90 bits per heavy atom. The fraction of sp³-hybridized carbons (Fsp3) is 0.500. The van der Waals surface area contributed by atoms with Gasteiger partial charge in [-0.1, -0.05) is 30.3 Å². The van der Waals surface area contributed by atoms with Crippen molar-refractivity contribution < 1.29 is 13.2 Å². The van der Waals surface area contributed by atoms with Crippen molar-refractivity contribution >= 4 is 15.7 Å². The maximum absolute atomic E-state index is 12.5. The maximum atomic E-state index is 12.5. The van der Waals surface area contributed by atoms with E-state index in [0.717, 1.165) is 5.56 Å². The van der Waals surface area contributed by atoms with Gasteiger partial charge in [-0.3, -0.25) is 4.79 Å². The van der Waals surface area contributed by atoms with Gasteiger partial charge in [0.2, 0.25) is 5.91 Å². The molecule has 3 atom stereocenters. The van der Waals surface area contributed by atoms with Crippen molar-refractivity contribution in [2.24, 2.45) is 5.73 Å². The number of nitrogens with two attached hydrogens (primary N) is 1. The second kappa shape index (κ2) is 5.54. The van der Waals surface area contributed by atoms with Gasteiger partial charge in [-0.15, -0.1) is 0 Å². The quantitative estimate of drug-likeness (QED) is 0.872. The average Bonchev–Trinajstić information content (AvgIpc) is 2.44. The Morgan fingerprint density at radius 3 is 2.50 bits per heavy atom. The molecule has 0 spiro atoms. The highest BCUT2D eigenvalue weighted by Gasteiger charge is 2.39. The van der Waals surface area contributed by atoms with Gasteiger partial charge in [0.1, 0.15) is 6.04 Å². The number of carbonyl (C=O) groups excluding carboxylic acids is 1. The third-order valence-corrected chi connectivity index (χ3v) is 6.34. The molecule has 0 aromatic heterocycles. The molecule has 1 fully saturated rings. The Morgan fingerprint density at radius 1 is 1.30 bits per heavy atom. The first kappa shape index (κ1) is 15.0. The lowest BCUT2D eigenvalue weighted by molar-refractivity contribution is -0.134. The first-order valence-electron chi connectivity index (χ1n) is 6.67. The predicted molar refractivity (Wildman–Crippen MR) is 77.8 cm³/mol. The largest absolute Gasteiger partial charge is 0.336 e. The van der Waals surface area contributed by atoms with Crippen LogP contribution in [0.2, 0.25) is 0 Å². The topological polar surface area (TPSA) is 80.5 Å². The molecule has 1 heterocycles. The first-order valence-corrected chi connectivity index (χ1v) is 8.38. The van der Waals surface area contributed by atoms with E-state index in [4.69, 9.17) is 5.73 Å². The van der Waals surface area contributed by atoms with Crippen molar-refractivity contribution in [2.45, 2.75) is 31.2 Å². The van der Waals surface area contributed by atoms with Gasteiger partial charge >= 0.3 is 0 Å². The lowest BCUT2D eigenvalue weighted by atomic mass is 10.1. The van der Waals surface area contributed by atoms with E-state index >= 15 is 0 Å². The summed E-state index contributed by atoms with van der Waals surface area (Å²) >= 11 is 0. The fourth-order valence-corrected chi connectivity index (χ4v) is 4.03. The predicted octanol–water partition coefficient (Wildman–Crippen LogP) is 0.720. The van der Waals surface area contributed by atoms with Crippen LogP contribution in [0.15, 0.2) is 30.3 Å². The maximum Gasteiger partial charge on any atom is 0.244 e. The van der Waals surface area contributed by atoms with E-state index in [2.05, 4.69) is 0 Å². The Balaban J connectivity index is 2.18. The summed E-state index contributed by atoms with van der Waals surface area (Å²) in [7, 11) is -3.10. The lowest BCUT2D eigenvalue weighted by Crippen LogP contribution is -2.56. The highest BCUT2D eigenvalue weighted by molar-refractivity contribution is 7.92. The molecule has 0 bridgehead atoms. The molecule has 1 aromatic rings. The van der Waals surface area contributed by atoms with Crippen molar-refractivity contribution in [1.29, 1.82) is 0 Å². The van der Waals surface area contributed by atoms with E-state index in [9.17, 15) is 13.2 Å². The van der Waals surface area contributed by atoms with Crippen LogP contribution in [0.5, 0.6) is 0 Å².